The molecule has 1 rings (SSSR count). The van der Waals surface area contributed by atoms with Crippen LogP contribution in [0.3, 0.4) is 0 Å². The van der Waals surface area contributed by atoms with Crippen molar-refractivity contribution < 1.29 is 9.53 Å². The highest BCUT2D eigenvalue weighted by molar-refractivity contribution is 6.35. The van der Waals surface area contributed by atoms with Gasteiger partial charge in [0.25, 0.3) is 0 Å². The van der Waals surface area contributed by atoms with Crippen molar-refractivity contribution in [2.24, 2.45) is 0 Å². The standard InChI is InChI=1S/C9H8Cl2O2/c1-6(12)13-5-7-2-3-8(10)4-9(7)11/h2-4H,5H2,1H3. The van der Waals surface area contributed by atoms with E-state index in [9.17, 15) is 4.79 Å². The van der Waals surface area contributed by atoms with Crippen molar-refractivity contribution in [3.05, 3.63) is 33.8 Å². The minimum absolute atomic E-state index is 0.186. The number of esters is 1. The van der Waals surface area contributed by atoms with Crippen molar-refractivity contribution >= 4 is 29.2 Å². The summed E-state index contributed by atoms with van der Waals surface area (Å²) in [5, 5.41) is 1.07. The second kappa shape index (κ2) is 4.49. The Balaban J connectivity index is 2.72. The molecule has 1 aromatic carbocycles. The largest absolute Gasteiger partial charge is 0.461 e. The maximum atomic E-state index is 10.5. The van der Waals surface area contributed by atoms with E-state index in [0.29, 0.717) is 10.0 Å². The minimum Gasteiger partial charge on any atom is -0.461 e. The van der Waals surface area contributed by atoms with E-state index in [1.54, 1.807) is 18.2 Å². The zero-order valence-corrected chi connectivity index (χ0v) is 8.52. The summed E-state index contributed by atoms with van der Waals surface area (Å²) >= 11 is 11.5. The predicted molar refractivity (Wildman–Crippen MR) is 51.9 cm³/mol. The van der Waals surface area contributed by atoms with Crippen LogP contribution in [-0.2, 0) is 16.1 Å². The number of rotatable bonds is 2. The summed E-state index contributed by atoms with van der Waals surface area (Å²) in [5.41, 5.74) is 0.751. The highest BCUT2D eigenvalue weighted by atomic mass is 35.5. The molecule has 1 aromatic rings. The SMILES string of the molecule is CC(=O)OCc1ccc(Cl)cc1Cl. The molecule has 0 unspecified atom stereocenters. The molecular weight excluding hydrogens is 211 g/mol. The van der Waals surface area contributed by atoms with Gasteiger partial charge < -0.3 is 4.74 Å². The number of hydrogen-bond acceptors (Lipinski definition) is 2. The Kier molecular flexibility index (Phi) is 3.58. The van der Waals surface area contributed by atoms with Crippen molar-refractivity contribution in [1.82, 2.24) is 0 Å². The van der Waals surface area contributed by atoms with Crippen LogP contribution in [0.5, 0.6) is 0 Å². The van der Waals surface area contributed by atoms with Crippen molar-refractivity contribution in [3.63, 3.8) is 0 Å². The Bertz CT molecular complexity index is 323. The number of ether oxygens (including phenoxy) is 1. The van der Waals surface area contributed by atoms with E-state index in [1.165, 1.54) is 6.92 Å². The molecule has 0 fully saturated rings. The molecule has 0 spiro atoms. The van der Waals surface area contributed by atoms with Gasteiger partial charge in [-0.25, -0.2) is 0 Å². The van der Waals surface area contributed by atoms with Crippen LogP contribution in [-0.4, -0.2) is 5.97 Å². The Morgan fingerprint density at radius 1 is 1.46 bits per heavy atom. The van der Waals surface area contributed by atoms with E-state index in [4.69, 9.17) is 27.9 Å². The number of hydrogen-bond donors (Lipinski definition) is 0. The Morgan fingerprint density at radius 3 is 2.69 bits per heavy atom. The maximum absolute atomic E-state index is 10.5. The summed E-state index contributed by atoms with van der Waals surface area (Å²) in [4.78, 5) is 10.5. The van der Waals surface area contributed by atoms with E-state index >= 15 is 0 Å². The lowest BCUT2D eigenvalue weighted by Crippen LogP contribution is -1.99. The van der Waals surface area contributed by atoms with Gasteiger partial charge in [0.1, 0.15) is 6.61 Å². The van der Waals surface area contributed by atoms with Crippen LogP contribution in [0, 0.1) is 0 Å². The molecule has 0 amide bonds. The molecule has 70 valence electrons. The molecule has 0 saturated heterocycles. The third-order valence-electron chi connectivity index (χ3n) is 1.45. The first kappa shape index (κ1) is 10.4. The number of carbonyl (C=O) groups is 1. The maximum Gasteiger partial charge on any atom is 0.302 e. The molecule has 0 bridgehead atoms. The monoisotopic (exact) mass is 218 g/mol. The summed E-state index contributed by atoms with van der Waals surface area (Å²) in [6.07, 6.45) is 0. The quantitative estimate of drug-likeness (QED) is 0.714. The fraction of sp³-hybridized carbons (Fsp3) is 0.222. The second-order valence-corrected chi connectivity index (χ2v) is 3.36. The fourth-order valence-electron chi connectivity index (χ4n) is 0.818. The molecule has 0 aliphatic rings. The first-order valence-electron chi connectivity index (χ1n) is 3.67. The molecule has 0 aliphatic carbocycles. The molecule has 0 heterocycles. The van der Waals surface area contributed by atoms with Crippen LogP contribution in [0.2, 0.25) is 10.0 Å². The summed E-state index contributed by atoms with van der Waals surface area (Å²) in [5.74, 6) is -0.328. The third kappa shape index (κ3) is 3.25. The van der Waals surface area contributed by atoms with Gasteiger partial charge in [-0.1, -0.05) is 29.3 Å². The van der Waals surface area contributed by atoms with Crippen molar-refractivity contribution in [2.75, 3.05) is 0 Å². The summed E-state index contributed by atoms with van der Waals surface area (Å²) in [7, 11) is 0. The van der Waals surface area contributed by atoms with Gasteiger partial charge in [0.2, 0.25) is 0 Å². The molecule has 0 atom stereocenters. The average molecular weight is 219 g/mol. The first-order chi connectivity index (χ1) is 6.09. The minimum atomic E-state index is -0.328. The van der Waals surface area contributed by atoms with Crippen LogP contribution >= 0.6 is 23.2 Å². The van der Waals surface area contributed by atoms with Crippen molar-refractivity contribution in [2.45, 2.75) is 13.5 Å². The van der Waals surface area contributed by atoms with E-state index in [-0.39, 0.29) is 12.6 Å². The summed E-state index contributed by atoms with van der Waals surface area (Å²) in [6, 6.07) is 5.04. The Hall–Kier alpha value is -0.730. The van der Waals surface area contributed by atoms with Crippen LogP contribution in [0.25, 0.3) is 0 Å². The van der Waals surface area contributed by atoms with E-state index < -0.39 is 0 Å². The molecule has 2 nitrogen and oxygen atoms in total. The highest BCUT2D eigenvalue weighted by Gasteiger charge is 2.02. The van der Waals surface area contributed by atoms with E-state index in [0.717, 1.165) is 5.56 Å². The Morgan fingerprint density at radius 2 is 2.15 bits per heavy atom. The zero-order valence-electron chi connectivity index (χ0n) is 7.01. The zero-order chi connectivity index (χ0) is 9.84. The van der Waals surface area contributed by atoms with Gasteiger partial charge in [-0.05, 0) is 12.1 Å². The highest BCUT2D eigenvalue weighted by Crippen LogP contribution is 2.21. The van der Waals surface area contributed by atoms with Gasteiger partial charge in [0, 0.05) is 22.5 Å². The average Bonchev–Trinajstić information content (AvgIpc) is 2.02. The van der Waals surface area contributed by atoms with E-state index in [1.807, 2.05) is 0 Å². The number of halogens is 2. The molecule has 0 aromatic heterocycles. The van der Waals surface area contributed by atoms with Gasteiger partial charge in [0.15, 0.2) is 0 Å². The predicted octanol–water partition coefficient (Wildman–Crippen LogP) is 3.06. The molecule has 0 saturated carbocycles. The fourth-order valence-corrected chi connectivity index (χ4v) is 1.28. The lowest BCUT2D eigenvalue weighted by Gasteiger charge is -2.04. The van der Waals surface area contributed by atoms with Crippen LogP contribution in [0.1, 0.15) is 12.5 Å². The summed E-state index contributed by atoms with van der Waals surface area (Å²) < 4.78 is 4.78. The van der Waals surface area contributed by atoms with Crippen molar-refractivity contribution in [1.29, 1.82) is 0 Å². The Labute approximate surface area is 86.4 Å². The molecule has 0 radical (unpaired) electrons. The number of carbonyl (C=O) groups excluding carboxylic acids is 1. The van der Waals surface area contributed by atoms with Gasteiger partial charge in [-0.3, -0.25) is 4.79 Å². The van der Waals surface area contributed by atoms with Crippen LogP contribution in [0.15, 0.2) is 18.2 Å². The third-order valence-corrected chi connectivity index (χ3v) is 2.03. The van der Waals surface area contributed by atoms with Crippen molar-refractivity contribution in [3.8, 4) is 0 Å². The van der Waals surface area contributed by atoms with Crippen LogP contribution < -0.4 is 0 Å². The van der Waals surface area contributed by atoms with Gasteiger partial charge >= 0.3 is 5.97 Å². The molecule has 0 aliphatic heterocycles. The second-order valence-electron chi connectivity index (χ2n) is 2.52. The van der Waals surface area contributed by atoms with Gasteiger partial charge in [-0.2, -0.15) is 0 Å². The smallest absolute Gasteiger partial charge is 0.302 e. The lowest BCUT2D eigenvalue weighted by molar-refractivity contribution is -0.142. The van der Waals surface area contributed by atoms with Gasteiger partial charge in [-0.15, -0.1) is 0 Å². The summed E-state index contributed by atoms with van der Waals surface area (Å²) in [6.45, 7) is 1.54. The van der Waals surface area contributed by atoms with Gasteiger partial charge in [0.05, 0.1) is 0 Å². The van der Waals surface area contributed by atoms with Crippen LogP contribution in [0.4, 0.5) is 0 Å². The lowest BCUT2D eigenvalue weighted by atomic mass is 10.2. The topological polar surface area (TPSA) is 26.3 Å². The molecular formula is C9H8Cl2O2. The molecule has 4 heteroatoms. The normalized spacial score (nSPS) is 9.77. The van der Waals surface area contributed by atoms with E-state index in [2.05, 4.69) is 0 Å². The first-order valence-corrected chi connectivity index (χ1v) is 4.42. The number of benzene rings is 1. The molecule has 13 heavy (non-hydrogen) atoms. The molecule has 0 N–H and O–H groups in total.